The Bertz CT molecular complexity index is 439. The van der Waals surface area contributed by atoms with Gasteiger partial charge in [0.15, 0.2) is 0 Å². The molecule has 1 heterocycles. The zero-order chi connectivity index (χ0) is 15.6. The van der Waals surface area contributed by atoms with Crippen molar-refractivity contribution in [2.24, 2.45) is 17.3 Å². The number of esters is 1. The van der Waals surface area contributed by atoms with Crippen LogP contribution in [0.1, 0.15) is 90.9 Å². The number of ether oxygens (including phenoxy) is 1. The van der Waals surface area contributed by atoms with Gasteiger partial charge < -0.3 is 4.74 Å². The Morgan fingerprint density at radius 3 is 2.09 bits per heavy atom. The van der Waals surface area contributed by atoms with Crippen molar-refractivity contribution < 1.29 is 9.53 Å². The summed E-state index contributed by atoms with van der Waals surface area (Å²) >= 11 is 0. The van der Waals surface area contributed by atoms with Crippen LogP contribution in [0.2, 0.25) is 0 Å². The molecule has 0 aromatic carbocycles. The van der Waals surface area contributed by atoms with E-state index in [9.17, 15) is 4.79 Å². The highest BCUT2D eigenvalue weighted by molar-refractivity contribution is 5.88. The average molecular weight is 304 g/mol. The van der Waals surface area contributed by atoms with Gasteiger partial charge in [-0.1, -0.05) is 52.4 Å². The van der Waals surface area contributed by atoms with Gasteiger partial charge in [-0.3, -0.25) is 4.79 Å². The average Bonchev–Trinajstić information content (AvgIpc) is 2.57. The molecule has 0 amide bonds. The van der Waals surface area contributed by atoms with Crippen molar-refractivity contribution in [3.63, 3.8) is 0 Å². The maximum Gasteiger partial charge on any atom is 0.325 e. The second-order valence-electron chi connectivity index (χ2n) is 7.59. The summed E-state index contributed by atoms with van der Waals surface area (Å²) in [7, 11) is 0. The Kier molecular flexibility index (Phi) is 4.94. The van der Waals surface area contributed by atoms with E-state index in [-0.39, 0.29) is 11.4 Å². The number of cyclic esters (lactones) is 1. The monoisotopic (exact) mass is 304 g/mol. The van der Waals surface area contributed by atoms with Crippen molar-refractivity contribution >= 4 is 5.97 Å². The zero-order valence-electron chi connectivity index (χ0n) is 14.5. The molecular formula is C20H32O2. The highest BCUT2D eigenvalue weighted by Crippen LogP contribution is 2.56. The van der Waals surface area contributed by atoms with Crippen molar-refractivity contribution in [3.8, 4) is 0 Å². The summed E-state index contributed by atoms with van der Waals surface area (Å²) in [6.07, 6.45) is 15.0. The first kappa shape index (κ1) is 16.1. The van der Waals surface area contributed by atoms with E-state index in [0.29, 0.717) is 11.8 Å². The molecule has 2 saturated carbocycles. The number of carbonyl (C=O) groups is 1. The van der Waals surface area contributed by atoms with Gasteiger partial charge in [-0.15, -0.1) is 0 Å². The van der Waals surface area contributed by atoms with Gasteiger partial charge in [0.05, 0.1) is 0 Å². The molecule has 3 aliphatic rings. The third-order valence-corrected chi connectivity index (χ3v) is 6.59. The highest BCUT2D eigenvalue weighted by atomic mass is 16.6. The molecule has 3 rings (SSSR count). The zero-order valence-corrected chi connectivity index (χ0v) is 14.5. The number of hydrogen-bond donors (Lipinski definition) is 0. The van der Waals surface area contributed by atoms with Crippen LogP contribution >= 0.6 is 0 Å². The molecule has 0 radical (unpaired) electrons. The maximum absolute atomic E-state index is 12.5. The van der Waals surface area contributed by atoms with E-state index < -0.39 is 0 Å². The molecule has 2 nitrogen and oxygen atoms in total. The Morgan fingerprint density at radius 1 is 1.00 bits per heavy atom. The molecule has 1 unspecified atom stereocenters. The summed E-state index contributed by atoms with van der Waals surface area (Å²) in [5.41, 5.74) is 1.25. The largest absolute Gasteiger partial charge is 0.429 e. The van der Waals surface area contributed by atoms with Crippen LogP contribution in [0.25, 0.3) is 0 Å². The van der Waals surface area contributed by atoms with Gasteiger partial charge in [0, 0.05) is 0 Å². The number of hydrogen-bond acceptors (Lipinski definition) is 2. The van der Waals surface area contributed by atoms with Crippen LogP contribution < -0.4 is 0 Å². The fraction of sp³-hybridized carbons (Fsp3) is 0.850. The van der Waals surface area contributed by atoms with Gasteiger partial charge in [0.25, 0.3) is 0 Å². The molecule has 0 aromatic rings. The van der Waals surface area contributed by atoms with Crippen LogP contribution in [-0.2, 0) is 9.53 Å². The summed E-state index contributed by atoms with van der Waals surface area (Å²) in [6, 6.07) is 0. The first-order chi connectivity index (χ1) is 10.7. The van der Waals surface area contributed by atoms with Crippen LogP contribution in [0, 0.1) is 17.3 Å². The Balaban J connectivity index is 1.92. The minimum atomic E-state index is -0.247. The summed E-state index contributed by atoms with van der Waals surface area (Å²) in [4.78, 5) is 12.5. The van der Waals surface area contributed by atoms with Gasteiger partial charge in [-0.2, -0.15) is 0 Å². The first-order valence-corrected chi connectivity index (χ1v) is 9.69. The van der Waals surface area contributed by atoms with E-state index in [4.69, 9.17) is 4.74 Å². The molecule has 124 valence electrons. The lowest BCUT2D eigenvalue weighted by Gasteiger charge is -2.49. The van der Waals surface area contributed by atoms with Crippen LogP contribution in [0.15, 0.2) is 11.3 Å². The van der Waals surface area contributed by atoms with Crippen molar-refractivity contribution in [1.82, 2.24) is 0 Å². The maximum atomic E-state index is 12.5. The first-order valence-electron chi connectivity index (χ1n) is 9.69. The lowest BCUT2D eigenvalue weighted by Crippen LogP contribution is -2.52. The van der Waals surface area contributed by atoms with E-state index in [0.717, 1.165) is 18.6 Å². The minimum Gasteiger partial charge on any atom is -0.429 e. The SMILES string of the molecule is CC/C(=C1/OC(=O)C1(CC)C1CCCCC1)C1CCCCC1. The molecule has 2 heteroatoms. The van der Waals surface area contributed by atoms with Gasteiger partial charge >= 0.3 is 5.97 Å². The molecule has 22 heavy (non-hydrogen) atoms. The molecule has 1 atom stereocenters. The summed E-state index contributed by atoms with van der Waals surface area (Å²) < 4.78 is 5.75. The Morgan fingerprint density at radius 2 is 1.59 bits per heavy atom. The van der Waals surface area contributed by atoms with Crippen molar-refractivity contribution in [2.45, 2.75) is 90.9 Å². The van der Waals surface area contributed by atoms with Gasteiger partial charge in [-0.25, -0.2) is 0 Å². The second kappa shape index (κ2) is 6.76. The predicted octanol–water partition coefficient (Wildman–Crippen LogP) is 5.76. The van der Waals surface area contributed by atoms with E-state index in [1.807, 2.05) is 0 Å². The number of allylic oxidation sites excluding steroid dienone is 1. The fourth-order valence-electron chi connectivity index (χ4n) is 5.30. The van der Waals surface area contributed by atoms with Crippen LogP contribution in [0.4, 0.5) is 0 Å². The molecule has 1 saturated heterocycles. The summed E-state index contributed by atoms with van der Waals surface area (Å²) in [5, 5.41) is 0. The third kappa shape index (κ3) is 2.53. The normalized spacial score (nSPS) is 33.3. The second-order valence-corrected chi connectivity index (χ2v) is 7.59. The summed E-state index contributed by atoms with van der Waals surface area (Å²) in [6.45, 7) is 4.45. The number of rotatable bonds is 4. The molecule has 3 fully saturated rings. The van der Waals surface area contributed by atoms with Crippen LogP contribution in [0.5, 0.6) is 0 Å². The smallest absolute Gasteiger partial charge is 0.325 e. The minimum absolute atomic E-state index is 0.0821. The molecule has 1 aliphatic heterocycles. The molecule has 0 spiro atoms. The third-order valence-electron chi connectivity index (χ3n) is 6.59. The Labute approximate surface area is 135 Å². The fourth-order valence-corrected chi connectivity index (χ4v) is 5.30. The van der Waals surface area contributed by atoms with E-state index in [1.165, 1.54) is 69.8 Å². The quantitative estimate of drug-likeness (QED) is 0.617. The van der Waals surface area contributed by atoms with Gasteiger partial charge in [0.1, 0.15) is 11.2 Å². The standard InChI is InChI=1S/C20H32O2/c1-3-17(15-11-7-5-8-12-15)18-20(4-2,19(21)22-18)16-13-9-6-10-14-16/h15-16H,3-14H2,1-2H3/b18-17-. The highest BCUT2D eigenvalue weighted by Gasteiger charge is 2.59. The van der Waals surface area contributed by atoms with Crippen molar-refractivity contribution in [3.05, 3.63) is 11.3 Å². The molecular weight excluding hydrogens is 272 g/mol. The number of carbonyl (C=O) groups excluding carboxylic acids is 1. The van der Waals surface area contributed by atoms with Crippen molar-refractivity contribution in [2.75, 3.05) is 0 Å². The van der Waals surface area contributed by atoms with Gasteiger partial charge in [-0.05, 0) is 55.9 Å². The Hall–Kier alpha value is -0.790. The topological polar surface area (TPSA) is 26.3 Å². The molecule has 0 bridgehead atoms. The van der Waals surface area contributed by atoms with Crippen LogP contribution in [0.3, 0.4) is 0 Å². The predicted molar refractivity (Wildman–Crippen MR) is 89.3 cm³/mol. The summed E-state index contributed by atoms with van der Waals surface area (Å²) in [5.74, 6) is 2.42. The van der Waals surface area contributed by atoms with E-state index >= 15 is 0 Å². The molecule has 0 N–H and O–H groups in total. The lowest BCUT2D eigenvalue weighted by molar-refractivity contribution is -0.178. The molecule has 0 aromatic heterocycles. The van der Waals surface area contributed by atoms with E-state index in [2.05, 4.69) is 13.8 Å². The van der Waals surface area contributed by atoms with Crippen LogP contribution in [-0.4, -0.2) is 5.97 Å². The van der Waals surface area contributed by atoms with Gasteiger partial charge in [0.2, 0.25) is 0 Å². The molecule has 2 aliphatic carbocycles. The van der Waals surface area contributed by atoms with E-state index in [1.54, 1.807) is 0 Å². The van der Waals surface area contributed by atoms with Crippen molar-refractivity contribution in [1.29, 1.82) is 0 Å². The lowest BCUT2D eigenvalue weighted by atomic mass is 9.61.